The fourth-order valence-electron chi connectivity index (χ4n) is 2.27. The second kappa shape index (κ2) is 5.46. The zero-order chi connectivity index (χ0) is 12.3. The summed E-state index contributed by atoms with van der Waals surface area (Å²) < 4.78 is 5.20. The molecule has 2 saturated heterocycles. The summed E-state index contributed by atoms with van der Waals surface area (Å²) in [6, 6.07) is 0.191. The first-order valence-corrected chi connectivity index (χ1v) is 6.06. The molecule has 2 fully saturated rings. The Morgan fingerprint density at radius 2 is 1.76 bits per heavy atom. The highest BCUT2D eigenvalue weighted by molar-refractivity contribution is 5.82. The maximum atomic E-state index is 11.8. The molecular weight excluding hydrogens is 224 g/mol. The van der Waals surface area contributed by atoms with Crippen LogP contribution in [0.1, 0.15) is 25.7 Å². The third-order valence-corrected chi connectivity index (χ3v) is 3.27. The van der Waals surface area contributed by atoms with Gasteiger partial charge in [-0.3, -0.25) is 4.79 Å². The summed E-state index contributed by atoms with van der Waals surface area (Å²) in [5.74, 6) is -1.15. The number of piperidine rings is 1. The van der Waals surface area contributed by atoms with Crippen molar-refractivity contribution in [3.05, 3.63) is 0 Å². The molecule has 0 radical (unpaired) electrons. The van der Waals surface area contributed by atoms with Gasteiger partial charge in [0.1, 0.15) is 6.10 Å². The summed E-state index contributed by atoms with van der Waals surface area (Å²) in [5, 5.41) is 14.9. The molecular formula is C11H18N2O4. The standard InChI is InChI=1S/C11H18N2O4/c14-10(13-7-3-5-12-6-4-7)8-1-2-9(17-8)11(15)16/h7-9,12H,1-6H2,(H,13,14)(H,15,16). The predicted octanol–water partition coefficient (Wildman–Crippen LogP) is -0.513. The molecule has 17 heavy (non-hydrogen) atoms. The molecule has 0 aromatic carbocycles. The molecule has 2 heterocycles. The van der Waals surface area contributed by atoms with Gasteiger partial charge in [0, 0.05) is 6.04 Å². The van der Waals surface area contributed by atoms with Crippen molar-refractivity contribution in [2.24, 2.45) is 0 Å². The van der Waals surface area contributed by atoms with E-state index in [1.807, 2.05) is 0 Å². The van der Waals surface area contributed by atoms with Crippen LogP contribution in [0.15, 0.2) is 0 Å². The van der Waals surface area contributed by atoms with E-state index in [0.29, 0.717) is 12.8 Å². The first-order chi connectivity index (χ1) is 8.16. The van der Waals surface area contributed by atoms with Gasteiger partial charge in [-0.15, -0.1) is 0 Å². The maximum absolute atomic E-state index is 11.8. The molecule has 0 aromatic heterocycles. The lowest BCUT2D eigenvalue weighted by atomic mass is 10.1. The van der Waals surface area contributed by atoms with E-state index in [9.17, 15) is 9.59 Å². The lowest BCUT2D eigenvalue weighted by molar-refractivity contribution is -0.151. The summed E-state index contributed by atoms with van der Waals surface area (Å²) >= 11 is 0. The molecule has 3 N–H and O–H groups in total. The molecule has 1 amide bonds. The van der Waals surface area contributed by atoms with E-state index in [0.717, 1.165) is 25.9 Å². The number of carboxylic acids is 1. The summed E-state index contributed by atoms with van der Waals surface area (Å²) in [4.78, 5) is 22.5. The fourth-order valence-corrected chi connectivity index (χ4v) is 2.27. The smallest absolute Gasteiger partial charge is 0.332 e. The SMILES string of the molecule is O=C(O)C1CCC(C(=O)NC2CCNCC2)O1. The Morgan fingerprint density at radius 3 is 2.35 bits per heavy atom. The molecule has 2 rings (SSSR count). The normalized spacial score (nSPS) is 30.1. The number of carbonyl (C=O) groups is 2. The second-order valence-electron chi connectivity index (χ2n) is 4.56. The number of carboxylic acid groups (broad SMARTS) is 1. The number of ether oxygens (including phenoxy) is 1. The maximum Gasteiger partial charge on any atom is 0.332 e. The predicted molar refractivity (Wildman–Crippen MR) is 59.6 cm³/mol. The molecule has 2 aliphatic rings. The fraction of sp³-hybridized carbons (Fsp3) is 0.818. The van der Waals surface area contributed by atoms with E-state index in [2.05, 4.69) is 10.6 Å². The molecule has 0 aliphatic carbocycles. The minimum atomic E-state index is -0.984. The van der Waals surface area contributed by atoms with Crippen LogP contribution in [0.3, 0.4) is 0 Å². The van der Waals surface area contributed by atoms with E-state index >= 15 is 0 Å². The van der Waals surface area contributed by atoms with E-state index in [1.165, 1.54) is 0 Å². The molecule has 6 nitrogen and oxygen atoms in total. The summed E-state index contributed by atoms with van der Waals surface area (Å²) in [6.45, 7) is 1.82. The minimum Gasteiger partial charge on any atom is -0.479 e. The van der Waals surface area contributed by atoms with Gasteiger partial charge in [-0.25, -0.2) is 4.79 Å². The van der Waals surface area contributed by atoms with Crippen LogP contribution in [-0.4, -0.2) is 48.3 Å². The van der Waals surface area contributed by atoms with Crippen LogP contribution in [0.4, 0.5) is 0 Å². The topological polar surface area (TPSA) is 87.7 Å². The average Bonchev–Trinajstić information content (AvgIpc) is 2.79. The van der Waals surface area contributed by atoms with Gasteiger partial charge >= 0.3 is 5.97 Å². The Labute approximate surface area is 99.7 Å². The molecule has 96 valence electrons. The van der Waals surface area contributed by atoms with Crippen molar-refractivity contribution in [2.45, 2.75) is 43.9 Å². The number of carbonyl (C=O) groups excluding carboxylic acids is 1. The third kappa shape index (κ3) is 3.17. The number of hydrogen-bond donors (Lipinski definition) is 3. The molecule has 0 bridgehead atoms. The lowest BCUT2D eigenvalue weighted by Gasteiger charge is -2.24. The molecule has 2 unspecified atom stereocenters. The van der Waals surface area contributed by atoms with Crippen molar-refractivity contribution in [3.8, 4) is 0 Å². The third-order valence-electron chi connectivity index (χ3n) is 3.27. The Morgan fingerprint density at radius 1 is 1.12 bits per heavy atom. The molecule has 2 atom stereocenters. The zero-order valence-electron chi connectivity index (χ0n) is 9.65. The average molecular weight is 242 g/mol. The van der Waals surface area contributed by atoms with E-state index < -0.39 is 18.2 Å². The van der Waals surface area contributed by atoms with Crippen molar-refractivity contribution >= 4 is 11.9 Å². The quantitative estimate of drug-likeness (QED) is 0.620. The number of aliphatic carboxylic acids is 1. The van der Waals surface area contributed by atoms with Gasteiger partial charge in [0.2, 0.25) is 5.91 Å². The van der Waals surface area contributed by atoms with Gasteiger partial charge in [0.25, 0.3) is 0 Å². The number of hydrogen-bond acceptors (Lipinski definition) is 4. The van der Waals surface area contributed by atoms with Crippen LogP contribution in [0, 0.1) is 0 Å². The highest BCUT2D eigenvalue weighted by Crippen LogP contribution is 2.20. The first-order valence-electron chi connectivity index (χ1n) is 6.06. The van der Waals surface area contributed by atoms with Gasteiger partial charge in [-0.1, -0.05) is 0 Å². The molecule has 0 aromatic rings. The van der Waals surface area contributed by atoms with Crippen molar-refractivity contribution < 1.29 is 19.4 Å². The largest absolute Gasteiger partial charge is 0.479 e. The van der Waals surface area contributed by atoms with E-state index in [1.54, 1.807) is 0 Å². The molecule has 2 aliphatic heterocycles. The van der Waals surface area contributed by atoms with Crippen molar-refractivity contribution in [1.82, 2.24) is 10.6 Å². The van der Waals surface area contributed by atoms with Gasteiger partial charge in [0.15, 0.2) is 6.10 Å². The molecule has 0 saturated carbocycles. The van der Waals surface area contributed by atoms with Gasteiger partial charge < -0.3 is 20.5 Å². The van der Waals surface area contributed by atoms with E-state index in [4.69, 9.17) is 9.84 Å². The van der Waals surface area contributed by atoms with Crippen LogP contribution >= 0.6 is 0 Å². The lowest BCUT2D eigenvalue weighted by Crippen LogP contribution is -2.46. The Bertz CT molecular complexity index is 302. The van der Waals surface area contributed by atoms with Crippen molar-refractivity contribution in [3.63, 3.8) is 0 Å². The van der Waals surface area contributed by atoms with Crippen LogP contribution in [0.25, 0.3) is 0 Å². The van der Waals surface area contributed by atoms with Gasteiger partial charge in [0.05, 0.1) is 0 Å². The number of nitrogens with one attached hydrogen (secondary N) is 2. The Kier molecular flexibility index (Phi) is 3.96. The zero-order valence-corrected chi connectivity index (χ0v) is 9.65. The number of amides is 1. The molecule has 6 heteroatoms. The molecule has 0 spiro atoms. The van der Waals surface area contributed by atoms with Crippen molar-refractivity contribution in [1.29, 1.82) is 0 Å². The highest BCUT2D eigenvalue weighted by Gasteiger charge is 2.35. The monoisotopic (exact) mass is 242 g/mol. The van der Waals surface area contributed by atoms with Crippen LogP contribution in [0.5, 0.6) is 0 Å². The number of rotatable bonds is 3. The highest BCUT2D eigenvalue weighted by atomic mass is 16.5. The summed E-state index contributed by atoms with van der Waals surface area (Å²) in [6.07, 6.45) is 1.33. The van der Waals surface area contributed by atoms with E-state index in [-0.39, 0.29) is 11.9 Å². The Hall–Kier alpha value is -1.14. The van der Waals surface area contributed by atoms with Crippen LogP contribution in [-0.2, 0) is 14.3 Å². The first kappa shape index (κ1) is 12.3. The van der Waals surface area contributed by atoms with Gasteiger partial charge in [-0.05, 0) is 38.8 Å². The van der Waals surface area contributed by atoms with Crippen LogP contribution < -0.4 is 10.6 Å². The minimum absolute atomic E-state index is 0.166. The van der Waals surface area contributed by atoms with Crippen LogP contribution in [0.2, 0.25) is 0 Å². The second-order valence-corrected chi connectivity index (χ2v) is 4.56. The summed E-state index contributed by atoms with van der Waals surface area (Å²) in [7, 11) is 0. The van der Waals surface area contributed by atoms with Gasteiger partial charge in [-0.2, -0.15) is 0 Å². The van der Waals surface area contributed by atoms with Crippen molar-refractivity contribution in [2.75, 3.05) is 13.1 Å². The Balaban J connectivity index is 1.78. The summed E-state index contributed by atoms with van der Waals surface area (Å²) in [5.41, 5.74) is 0.